The third kappa shape index (κ3) is 4.69. The van der Waals surface area contributed by atoms with Crippen LogP contribution in [0.3, 0.4) is 0 Å². The number of hydrogen-bond acceptors (Lipinski definition) is 3. The number of ether oxygens (including phenoxy) is 2. The molecule has 0 bridgehead atoms. The second-order valence-corrected chi connectivity index (χ2v) is 4.82. The largest absolute Gasteiger partial charge is 0.497 e. The third-order valence-corrected chi connectivity index (χ3v) is 3.31. The highest BCUT2D eigenvalue weighted by Gasteiger charge is 2.24. The highest BCUT2D eigenvalue weighted by molar-refractivity contribution is 5.26. The minimum Gasteiger partial charge on any atom is -0.497 e. The first-order chi connectivity index (χ1) is 9.19. The molecular weight excluding hydrogens is 240 g/mol. The fourth-order valence-electron chi connectivity index (χ4n) is 2.01. The number of methoxy groups -OCH3 is 1. The van der Waals surface area contributed by atoms with Crippen molar-refractivity contribution in [1.82, 2.24) is 0 Å². The highest BCUT2D eigenvalue weighted by atomic mass is 16.5. The Balaban J connectivity index is 2.49. The van der Waals surface area contributed by atoms with Crippen LogP contribution in [0.25, 0.3) is 0 Å². The zero-order chi connectivity index (χ0) is 14.1. The molecule has 0 radical (unpaired) electrons. The summed E-state index contributed by atoms with van der Waals surface area (Å²) in [5.41, 5.74) is 0.773. The molecular formula is C16H24O3. The first-order valence-electron chi connectivity index (χ1n) is 6.65. The van der Waals surface area contributed by atoms with Gasteiger partial charge in [-0.2, -0.15) is 0 Å². The van der Waals surface area contributed by atoms with Gasteiger partial charge in [-0.25, -0.2) is 0 Å². The van der Waals surface area contributed by atoms with Crippen LogP contribution in [0.2, 0.25) is 0 Å². The van der Waals surface area contributed by atoms with Crippen LogP contribution >= 0.6 is 0 Å². The Hall–Kier alpha value is -1.32. The van der Waals surface area contributed by atoms with Crippen molar-refractivity contribution in [1.29, 1.82) is 0 Å². The van der Waals surface area contributed by atoms with Crippen molar-refractivity contribution in [2.75, 3.05) is 20.3 Å². The standard InChI is InChI=1S/C16H24O3/c1-4-10-16(5-2,12-17)13-19-11-14-6-8-15(18-3)9-7-14/h5-9,17H,2,4,10-13H2,1,3H3. The van der Waals surface area contributed by atoms with Crippen LogP contribution in [0.15, 0.2) is 36.9 Å². The van der Waals surface area contributed by atoms with Gasteiger partial charge in [0.1, 0.15) is 5.75 Å². The number of aliphatic hydroxyl groups excluding tert-OH is 1. The summed E-state index contributed by atoms with van der Waals surface area (Å²) in [6, 6.07) is 7.79. The van der Waals surface area contributed by atoms with E-state index in [-0.39, 0.29) is 12.0 Å². The van der Waals surface area contributed by atoms with Crippen LogP contribution in [-0.4, -0.2) is 25.4 Å². The van der Waals surface area contributed by atoms with E-state index in [2.05, 4.69) is 13.5 Å². The van der Waals surface area contributed by atoms with Crippen LogP contribution in [0, 0.1) is 5.41 Å². The first-order valence-corrected chi connectivity index (χ1v) is 6.65. The van der Waals surface area contributed by atoms with Crippen molar-refractivity contribution >= 4 is 0 Å². The third-order valence-electron chi connectivity index (χ3n) is 3.31. The van der Waals surface area contributed by atoms with Gasteiger partial charge in [0.2, 0.25) is 0 Å². The van der Waals surface area contributed by atoms with E-state index < -0.39 is 0 Å². The summed E-state index contributed by atoms with van der Waals surface area (Å²) < 4.78 is 10.8. The molecule has 0 amide bonds. The maximum atomic E-state index is 9.51. The van der Waals surface area contributed by atoms with Crippen LogP contribution in [0.1, 0.15) is 25.3 Å². The Morgan fingerprint density at radius 2 is 2.00 bits per heavy atom. The normalized spacial score (nSPS) is 13.8. The zero-order valence-corrected chi connectivity index (χ0v) is 11.9. The minimum absolute atomic E-state index is 0.0763. The van der Waals surface area contributed by atoms with Gasteiger partial charge in [0.15, 0.2) is 0 Å². The molecule has 0 fully saturated rings. The number of benzene rings is 1. The van der Waals surface area contributed by atoms with Crippen LogP contribution < -0.4 is 4.74 Å². The molecule has 1 atom stereocenters. The summed E-state index contributed by atoms with van der Waals surface area (Å²) in [5, 5.41) is 9.51. The van der Waals surface area contributed by atoms with E-state index in [9.17, 15) is 5.11 Å². The molecule has 19 heavy (non-hydrogen) atoms. The SMILES string of the molecule is C=CC(CO)(CCC)COCc1ccc(OC)cc1. The lowest BCUT2D eigenvalue weighted by atomic mass is 9.85. The van der Waals surface area contributed by atoms with Gasteiger partial charge in [-0.1, -0.05) is 31.6 Å². The van der Waals surface area contributed by atoms with E-state index >= 15 is 0 Å². The quantitative estimate of drug-likeness (QED) is 0.696. The van der Waals surface area contributed by atoms with Gasteiger partial charge in [-0.3, -0.25) is 0 Å². The molecule has 106 valence electrons. The predicted octanol–water partition coefficient (Wildman–Crippen LogP) is 3.18. The average Bonchev–Trinajstić information content (AvgIpc) is 2.47. The molecule has 0 saturated carbocycles. The summed E-state index contributed by atoms with van der Waals surface area (Å²) in [6.45, 7) is 7.01. The van der Waals surface area contributed by atoms with Gasteiger partial charge >= 0.3 is 0 Å². The van der Waals surface area contributed by atoms with Crippen molar-refractivity contribution in [2.24, 2.45) is 5.41 Å². The van der Waals surface area contributed by atoms with E-state index in [4.69, 9.17) is 9.47 Å². The van der Waals surface area contributed by atoms with Crippen molar-refractivity contribution in [3.63, 3.8) is 0 Å². The predicted molar refractivity (Wildman–Crippen MR) is 77.3 cm³/mol. The van der Waals surface area contributed by atoms with Crippen LogP contribution in [0.4, 0.5) is 0 Å². The summed E-state index contributed by atoms with van der Waals surface area (Å²) in [5.74, 6) is 0.838. The molecule has 1 unspecified atom stereocenters. The van der Waals surface area contributed by atoms with Gasteiger partial charge in [0.05, 0.1) is 26.9 Å². The van der Waals surface area contributed by atoms with Gasteiger partial charge in [0, 0.05) is 5.41 Å². The average molecular weight is 264 g/mol. The fourth-order valence-corrected chi connectivity index (χ4v) is 2.01. The maximum absolute atomic E-state index is 9.51. The molecule has 0 spiro atoms. The smallest absolute Gasteiger partial charge is 0.118 e. The Morgan fingerprint density at radius 3 is 2.47 bits per heavy atom. The zero-order valence-electron chi connectivity index (χ0n) is 11.9. The first kappa shape index (κ1) is 15.7. The van der Waals surface area contributed by atoms with Gasteiger partial charge in [-0.05, 0) is 24.1 Å². The van der Waals surface area contributed by atoms with Gasteiger partial charge in [0.25, 0.3) is 0 Å². The Kier molecular flexibility index (Phi) is 6.60. The van der Waals surface area contributed by atoms with E-state index in [1.165, 1.54) is 0 Å². The highest BCUT2D eigenvalue weighted by Crippen LogP contribution is 2.25. The molecule has 0 saturated heterocycles. The molecule has 3 heteroatoms. The van der Waals surface area contributed by atoms with Gasteiger partial charge < -0.3 is 14.6 Å². The molecule has 1 N–H and O–H groups in total. The van der Waals surface area contributed by atoms with E-state index in [1.807, 2.05) is 30.3 Å². The molecule has 0 aromatic heterocycles. The van der Waals surface area contributed by atoms with Crippen molar-refractivity contribution in [3.8, 4) is 5.75 Å². The summed E-state index contributed by atoms with van der Waals surface area (Å²) >= 11 is 0. The topological polar surface area (TPSA) is 38.7 Å². The van der Waals surface area contributed by atoms with E-state index in [0.717, 1.165) is 24.2 Å². The van der Waals surface area contributed by atoms with Gasteiger partial charge in [-0.15, -0.1) is 6.58 Å². The second kappa shape index (κ2) is 7.97. The molecule has 0 aliphatic rings. The minimum atomic E-state index is -0.318. The van der Waals surface area contributed by atoms with Crippen molar-refractivity contribution in [2.45, 2.75) is 26.4 Å². The number of aliphatic hydroxyl groups is 1. The molecule has 1 rings (SSSR count). The molecule has 0 aliphatic heterocycles. The summed E-state index contributed by atoms with van der Waals surface area (Å²) in [6.07, 6.45) is 3.69. The lowest BCUT2D eigenvalue weighted by Gasteiger charge is -2.27. The number of hydrogen-bond donors (Lipinski definition) is 1. The molecule has 1 aromatic rings. The number of rotatable bonds is 9. The molecule has 0 heterocycles. The monoisotopic (exact) mass is 264 g/mol. The lowest BCUT2D eigenvalue weighted by molar-refractivity contribution is 0.0210. The lowest BCUT2D eigenvalue weighted by Crippen LogP contribution is -2.28. The maximum Gasteiger partial charge on any atom is 0.118 e. The summed E-state index contributed by atoms with van der Waals surface area (Å²) in [7, 11) is 1.65. The van der Waals surface area contributed by atoms with Crippen molar-refractivity contribution < 1.29 is 14.6 Å². The Morgan fingerprint density at radius 1 is 1.32 bits per heavy atom. The fraction of sp³-hybridized carbons (Fsp3) is 0.500. The molecule has 1 aromatic carbocycles. The Bertz CT molecular complexity index is 372. The summed E-state index contributed by atoms with van der Waals surface area (Å²) in [4.78, 5) is 0. The Labute approximate surface area is 115 Å². The van der Waals surface area contributed by atoms with Crippen LogP contribution in [0.5, 0.6) is 5.75 Å². The second-order valence-electron chi connectivity index (χ2n) is 4.82. The van der Waals surface area contributed by atoms with Crippen LogP contribution in [-0.2, 0) is 11.3 Å². The molecule has 0 aliphatic carbocycles. The van der Waals surface area contributed by atoms with E-state index in [1.54, 1.807) is 7.11 Å². The van der Waals surface area contributed by atoms with E-state index in [0.29, 0.717) is 13.2 Å². The molecule has 3 nitrogen and oxygen atoms in total. The van der Waals surface area contributed by atoms with Crippen molar-refractivity contribution in [3.05, 3.63) is 42.5 Å².